The van der Waals surface area contributed by atoms with Gasteiger partial charge in [0.1, 0.15) is 5.75 Å². The molecule has 228 valence electrons. The van der Waals surface area contributed by atoms with Crippen molar-refractivity contribution in [2.24, 2.45) is 11.3 Å². The highest BCUT2D eigenvalue weighted by Crippen LogP contribution is 2.33. The maximum atomic E-state index is 12.0. The van der Waals surface area contributed by atoms with E-state index in [0.717, 1.165) is 67.9 Å². The molecule has 1 fully saturated rings. The molecule has 1 N–H and O–H groups in total. The van der Waals surface area contributed by atoms with Crippen LogP contribution in [0.1, 0.15) is 40.5 Å². The Morgan fingerprint density at radius 1 is 1.02 bits per heavy atom. The minimum Gasteiger partial charge on any atom is -0.494 e. The second-order valence-corrected chi connectivity index (χ2v) is 12.6. The molecule has 2 heterocycles. The number of alkyl carbamates (subject to hydrolysis) is 1. The van der Waals surface area contributed by atoms with Gasteiger partial charge in [-0.1, -0.05) is 57.0 Å². The van der Waals surface area contributed by atoms with Gasteiger partial charge in [0.25, 0.3) is 0 Å². The van der Waals surface area contributed by atoms with Crippen molar-refractivity contribution >= 4 is 45.9 Å². The van der Waals surface area contributed by atoms with Gasteiger partial charge in [-0.2, -0.15) is 0 Å². The predicted molar refractivity (Wildman–Crippen MR) is 170 cm³/mol. The number of unbranched alkanes of at least 4 members (excludes halogenated alkanes) is 1. The molecule has 10 heteroatoms. The molecule has 0 spiro atoms. The Bertz CT molecular complexity index is 1330. The van der Waals surface area contributed by atoms with Crippen molar-refractivity contribution < 1.29 is 19.0 Å². The lowest BCUT2D eigenvalue weighted by molar-refractivity contribution is 0.0555. The third kappa shape index (κ3) is 9.28. The summed E-state index contributed by atoms with van der Waals surface area (Å²) in [6.07, 6.45) is 1.51. The van der Waals surface area contributed by atoms with Crippen molar-refractivity contribution in [3.63, 3.8) is 0 Å². The summed E-state index contributed by atoms with van der Waals surface area (Å²) in [6.45, 7) is 14.4. The minimum atomic E-state index is -0.507. The number of piperazine rings is 1. The molecular formula is C32H42Cl2N4O4. The molecule has 1 saturated heterocycles. The van der Waals surface area contributed by atoms with E-state index < -0.39 is 6.09 Å². The number of nitrogens with one attached hydrogen (secondary N) is 1. The Kier molecular flexibility index (Phi) is 11.4. The van der Waals surface area contributed by atoms with Crippen molar-refractivity contribution in [2.75, 3.05) is 57.6 Å². The number of halogens is 2. The molecule has 0 saturated carbocycles. The number of rotatable bonds is 12. The zero-order chi connectivity index (χ0) is 30.1. The fourth-order valence-electron chi connectivity index (χ4n) is 4.56. The fourth-order valence-corrected chi connectivity index (χ4v) is 4.98. The third-order valence-electron chi connectivity index (χ3n) is 7.85. The third-order valence-corrected chi connectivity index (χ3v) is 8.66. The second kappa shape index (κ2) is 15.0. The molecule has 1 unspecified atom stereocenters. The molecule has 1 aliphatic heterocycles. The van der Waals surface area contributed by atoms with E-state index in [4.69, 9.17) is 37.4 Å². The Balaban J connectivity index is 1.14. The highest BCUT2D eigenvalue weighted by molar-refractivity contribution is 6.43. The van der Waals surface area contributed by atoms with Gasteiger partial charge < -0.3 is 24.4 Å². The number of benzene rings is 2. The van der Waals surface area contributed by atoms with Gasteiger partial charge in [0.2, 0.25) is 12.7 Å². The van der Waals surface area contributed by atoms with Crippen molar-refractivity contribution in [3.8, 4) is 11.6 Å². The summed E-state index contributed by atoms with van der Waals surface area (Å²) in [6, 6.07) is 15.3. The van der Waals surface area contributed by atoms with E-state index in [-0.39, 0.29) is 12.2 Å². The average molecular weight is 618 g/mol. The molecule has 1 atom stereocenters. The Hall–Kier alpha value is -2.94. The van der Waals surface area contributed by atoms with E-state index in [9.17, 15) is 4.79 Å². The number of pyridine rings is 1. The number of amides is 1. The molecule has 1 aliphatic rings. The molecule has 1 amide bonds. The fraction of sp³-hybridized carbons (Fsp3) is 0.500. The summed E-state index contributed by atoms with van der Waals surface area (Å²) < 4.78 is 16.7. The second-order valence-electron chi connectivity index (χ2n) is 11.8. The maximum Gasteiger partial charge on any atom is 0.410 e. The standard InChI is InChI=1S/C32H42Cl2N4O4/c1-23(32(2,3)4)21-35-31(39)42-22-41-29-13-11-24-10-12-25(20-27(24)36-29)40-19-6-5-14-37-15-17-38(18-16-37)28-9-7-8-26(33)30(28)34/h7-13,20,23H,5-6,14-19,21-22H2,1-4H3,(H,35,39). The lowest BCUT2D eigenvalue weighted by Gasteiger charge is -2.36. The predicted octanol–water partition coefficient (Wildman–Crippen LogP) is 7.27. The van der Waals surface area contributed by atoms with Gasteiger partial charge in [-0.05, 0) is 61.1 Å². The first-order chi connectivity index (χ1) is 20.1. The number of fused-ring (bicyclic) bond motifs is 1. The summed E-state index contributed by atoms with van der Waals surface area (Å²) in [5.74, 6) is 1.46. The van der Waals surface area contributed by atoms with E-state index >= 15 is 0 Å². The average Bonchev–Trinajstić information content (AvgIpc) is 2.97. The van der Waals surface area contributed by atoms with Crippen molar-refractivity contribution in [2.45, 2.75) is 40.5 Å². The van der Waals surface area contributed by atoms with Crippen LogP contribution in [-0.2, 0) is 4.74 Å². The first-order valence-electron chi connectivity index (χ1n) is 14.6. The molecule has 2 aromatic carbocycles. The summed E-state index contributed by atoms with van der Waals surface area (Å²) in [7, 11) is 0. The van der Waals surface area contributed by atoms with E-state index in [2.05, 4.69) is 47.8 Å². The van der Waals surface area contributed by atoms with E-state index in [1.165, 1.54) is 0 Å². The number of carbonyl (C=O) groups excluding carboxylic acids is 1. The van der Waals surface area contributed by atoms with Crippen LogP contribution in [0.2, 0.25) is 10.0 Å². The molecular weight excluding hydrogens is 575 g/mol. The summed E-state index contributed by atoms with van der Waals surface area (Å²) in [4.78, 5) is 21.3. The number of aromatic nitrogens is 1. The van der Waals surface area contributed by atoms with Crippen LogP contribution in [0.3, 0.4) is 0 Å². The van der Waals surface area contributed by atoms with E-state index in [0.29, 0.717) is 35.0 Å². The van der Waals surface area contributed by atoms with Crippen LogP contribution in [0.15, 0.2) is 48.5 Å². The number of carbonyl (C=O) groups is 1. The lowest BCUT2D eigenvalue weighted by atomic mass is 9.82. The SMILES string of the molecule is CC(CNC(=O)OCOc1ccc2ccc(OCCCCN3CCN(c4cccc(Cl)c4Cl)CC3)cc2n1)C(C)(C)C. The minimum absolute atomic E-state index is 0.104. The van der Waals surface area contributed by atoms with Gasteiger partial charge in [-0.25, -0.2) is 9.78 Å². The molecule has 4 rings (SSSR count). The molecule has 0 radical (unpaired) electrons. The molecule has 0 aliphatic carbocycles. The van der Waals surface area contributed by atoms with Gasteiger partial charge in [0, 0.05) is 50.2 Å². The van der Waals surface area contributed by atoms with Crippen molar-refractivity contribution in [3.05, 3.63) is 58.6 Å². The lowest BCUT2D eigenvalue weighted by Crippen LogP contribution is -2.46. The molecule has 0 bridgehead atoms. The van der Waals surface area contributed by atoms with E-state index in [1.54, 1.807) is 6.07 Å². The topological polar surface area (TPSA) is 76.2 Å². The number of nitrogens with zero attached hydrogens (tertiary/aromatic N) is 3. The van der Waals surface area contributed by atoms with Crippen LogP contribution in [0.4, 0.5) is 10.5 Å². The van der Waals surface area contributed by atoms with Crippen LogP contribution in [0.25, 0.3) is 10.9 Å². The zero-order valence-electron chi connectivity index (χ0n) is 25.0. The number of hydrogen-bond donors (Lipinski definition) is 1. The molecule has 8 nitrogen and oxygen atoms in total. The highest BCUT2D eigenvalue weighted by atomic mass is 35.5. The first-order valence-corrected chi connectivity index (χ1v) is 15.3. The largest absolute Gasteiger partial charge is 0.494 e. The summed E-state index contributed by atoms with van der Waals surface area (Å²) >= 11 is 12.6. The van der Waals surface area contributed by atoms with Gasteiger partial charge >= 0.3 is 6.09 Å². The van der Waals surface area contributed by atoms with Crippen LogP contribution >= 0.6 is 23.2 Å². The molecule has 42 heavy (non-hydrogen) atoms. The van der Waals surface area contributed by atoms with Gasteiger partial charge in [-0.3, -0.25) is 4.90 Å². The van der Waals surface area contributed by atoms with Gasteiger partial charge in [0.15, 0.2) is 0 Å². The summed E-state index contributed by atoms with van der Waals surface area (Å²) in [5.41, 5.74) is 1.87. The molecule has 3 aromatic rings. The van der Waals surface area contributed by atoms with Crippen LogP contribution in [-0.4, -0.2) is 68.6 Å². The number of hydrogen-bond acceptors (Lipinski definition) is 7. The zero-order valence-corrected chi connectivity index (χ0v) is 26.5. The number of ether oxygens (including phenoxy) is 3. The normalized spacial score (nSPS) is 15.0. The van der Waals surface area contributed by atoms with Crippen LogP contribution in [0.5, 0.6) is 11.6 Å². The first kappa shape index (κ1) is 32.0. The Morgan fingerprint density at radius 2 is 1.79 bits per heavy atom. The Labute approximate surface area is 259 Å². The monoisotopic (exact) mass is 616 g/mol. The summed E-state index contributed by atoms with van der Waals surface area (Å²) in [5, 5.41) is 4.98. The Morgan fingerprint density at radius 3 is 2.55 bits per heavy atom. The molecule has 1 aromatic heterocycles. The van der Waals surface area contributed by atoms with Crippen molar-refractivity contribution in [1.82, 2.24) is 15.2 Å². The maximum absolute atomic E-state index is 12.0. The number of anilines is 1. The highest BCUT2D eigenvalue weighted by Gasteiger charge is 2.21. The van der Waals surface area contributed by atoms with Crippen LogP contribution in [0, 0.1) is 11.3 Å². The van der Waals surface area contributed by atoms with Gasteiger partial charge in [0.05, 0.1) is 27.9 Å². The quantitative estimate of drug-likeness (QED) is 0.169. The van der Waals surface area contributed by atoms with E-state index in [1.807, 2.05) is 42.5 Å². The van der Waals surface area contributed by atoms with Gasteiger partial charge in [-0.15, -0.1) is 0 Å². The van der Waals surface area contributed by atoms with Crippen LogP contribution < -0.4 is 19.7 Å². The van der Waals surface area contributed by atoms with Crippen molar-refractivity contribution in [1.29, 1.82) is 0 Å². The smallest absolute Gasteiger partial charge is 0.410 e.